The number of amides is 1. The van der Waals surface area contributed by atoms with Gasteiger partial charge >= 0.3 is 0 Å². The number of fused-ring (bicyclic) bond motifs is 1. The van der Waals surface area contributed by atoms with Crippen LogP contribution < -0.4 is 10.1 Å². The van der Waals surface area contributed by atoms with Crippen LogP contribution in [0.2, 0.25) is 0 Å². The number of carbonyl (C=O) groups excluding carboxylic acids is 1. The Bertz CT molecular complexity index is 1150. The quantitative estimate of drug-likeness (QED) is 0.540. The van der Waals surface area contributed by atoms with Gasteiger partial charge in [-0.25, -0.2) is 14.4 Å². The molecule has 0 fully saturated rings. The maximum Gasteiger partial charge on any atom is 0.279 e. The van der Waals surface area contributed by atoms with Crippen LogP contribution in [0.15, 0.2) is 60.8 Å². The summed E-state index contributed by atoms with van der Waals surface area (Å²) in [6.07, 6.45) is 1.42. The second-order valence-electron chi connectivity index (χ2n) is 5.51. The summed E-state index contributed by atoms with van der Waals surface area (Å²) in [7, 11) is 0. The summed E-state index contributed by atoms with van der Waals surface area (Å²) in [6, 6.07) is 14.1. The maximum absolute atomic E-state index is 13.7. The number of thiazole rings is 1. The average Bonchev–Trinajstić information content (AvgIpc) is 3.05. The first kappa shape index (κ1) is 16.9. The van der Waals surface area contributed by atoms with E-state index in [1.165, 1.54) is 41.8 Å². The van der Waals surface area contributed by atoms with Gasteiger partial charge in [-0.1, -0.05) is 23.5 Å². The van der Waals surface area contributed by atoms with Crippen LogP contribution in [0.25, 0.3) is 10.2 Å². The van der Waals surface area contributed by atoms with E-state index >= 15 is 0 Å². The van der Waals surface area contributed by atoms with E-state index in [1.807, 2.05) is 0 Å². The highest BCUT2D eigenvalue weighted by Gasteiger charge is 2.15. The lowest BCUT2D eigenvalue weighted by molar-refractivity contribution is 0.101. The van der Waals surface area contributed by atoms with Crippen LogP contribution in [0.1, 0.15) is 10.5 Å². The number of hydrogen-bond donors (Lipinski definition) is 2. The SMILES string of the molecule is O=C(Nc1nc2ccc(Oc3ccccc3F)cc2s1)c1ncccc1O. The van der Waals surface area contributed by atoms with Gasteiger partial charge in [-0.3, -0.25) is 10.1 Å². The first-order valence-electron chi connectivity index (χ1n) is 7.88. The first-order valence-corrected chi connectivity index (χ1v) is 8.70. The van der Waals surface area contributed by atoms with Crippen molar-refractivity contribution in [3.8, 4) is 17.2 Å². The first-order chi connectivity index (χ1) is 13.1. The van der Waals surface area contributed by atoms with E-state index in [0.29, 0.717) is 16.4 Å². The normalized spacial score (nSPS) is 10.7. The minimum Gasteiger partial charge on any atom is -0.505 e. The summed E-state index contributed by atoms with van der Waals surface area (Å²) >= 11 is 1.23. The summed E-state index contributed by atoms with van der Waals surface area (Å²) in [4.78, 5) is 20.4. The molecular formula is C19H12FN3O3S. The highest BCUT2D eigenvalue weighted by atomic mass is 32.1. The number of aromatic nitrogens is 2. The Morgan fingerprint density at radius 1 is 1.15 bits per heavy atom. The molecule has 6 nitrogen and oxygen atoms in total. The third-order valence-corrected chi connectivity index (χ3v) is 4.58. The molecule has 2 aromatic carbocycles. The number of halogens is 1. The zero-order valence-corrected chi connectivity index (χ0v) is 14.5. The molecule has 4 aromatic rings. The van der Waals surface area contributed by atoms with E-state index in [4.69, 9.17) is 4.74 Å². The molecule has 8 heteroatoms. The van der Waals surface area contributed by atoms with Crippen LogP contribution in [0.5, 0.6) is 17.2 Å². The van der Waals surface area contributed by atoms with Gasteiger partial charge in [0.1, 0.15) is 11.5 Å². The van der Waals surface area contributed by atoms with Crippen LogP contribution in [-0.4, -0.2) is 21.0 Å². The topological polar surface area (TPSA) is 84.3 Å². The zero-order valence-electron chi connectivity index (χ0n) is 13.7. The van der Waals surface area contributed by atoms with Gasteiger partial charge in [0.25, 0.3) is 5.91 Å². The van der Waals surface area contributed by atoms with Gasteiger partial charge in [-0.15, -0.1) is 0 Å². The highest BCUT2D eigenvalue weighted by Crippen LogP contribution is 2.32. The summed E-state index contributed by atoms with van der Waals surface area (Å²) < 4.78 is 20.0. The van der Waals surface area contributed by atoms with Crippen molar-refractivity contribution in [1.29, 1.82) is 0 Å². The fraction of sp³-hybridized carbons (Fsp3) is 0. The third-order valence-electron chi connectivity index (χ3n) is 3.65. The summed E-state index contributed by atoms with van der Waals surface area (Å²) in [5, 5.41) is 12.7. The number of para-hydroxylation sites is 1. The van der Waals surface area contributed by atoms with Gasteiger partial charge < -0.3 is 9.84 Å². The number of carbonyl (C=O) groups is 1. The number of benzene rings is 2. The Morgan fingerprint density at radius 2 is 2.00 bits per heavy atom. The lowest BCUT2D eigenvalue weighted by Crippen LogP contribution is -2.13. The molecule has 2 N–H and O–H groups in total. The molecule has 2 aromatic heterocycles. The summed E-state index contributed by atoms with van der Waals surface area (Å²) in [5.41, 5.74) is 0.571. The van der Waals surface area contributed by atoms with Gasteiger partial charge in [0.15, 0.2) is 22.4 Å². The van der Waals surface area contributed by atoms with E-state index in [1.54, 1.807) is 30.3 Å². The van der Waals surface area contributed by atoms with Crippen molar-refractivity contribution in [1.82, 2.24) is 9.97 Å². The third kappa shape index (κ3) is 3.56. The molecular weight excluding hydrogens is 369 g/mol. The largest absolute Gasteiger partial charge is 0.505 e. The second kappa shape index (κ2) is 7.00. The zero-order chi connectivity index (χ0) is 18.8. The predicted octanol–water partition coefficient (Wildman–Crippen LogP) is 4.58. The van der Waals surface area contributed by atoms with E-state index in [2.05, 4.69) is 15.3 Å². The van der Waals surface area contributed by atoms with Crippen molar-refractivity contribution < 1.29 is 19.0 Å². The molecule has 0 aliphatic carbocycles. The van der Waals surface area contributed by atoms with Gasteiger partial charge in [0.2, 0.25) is 0 Å². The predicted molar refractivity (Wildman–Crippen MR) is 99.9 cm³/mol. The molecule has 0 bridgehead atoms. The Morgan fingerprint density at radius 3 is 2.81 bits per heavy atom. The standard InChI is InChI=1S/C19H12FN3O3S/c20-12-4-1-2-6-15(12)26-11-7-8-13-16(10-11)27-19(22-13)23-18(25)17-14(24)5-3-9-21-17/h1-10,24H,(H,22,23,25). The molecule has 0 spiro atoms. The van der Waals surface area contributed by atoms with Crippen LogP contribution in [0.3, 0.4) is 0 Å². The van der Waals surface area contributed by atoms with Crippen LogP contribution >= 0.6 is 11.3 Å². The van der Waals surface area contributed by atoms with E-state index in [0.717, 1.165) is 4.70 Å². The van der Waals surface area contributed by atoms with E-state index in [9.17, 15) is 14.3 Å². The fourth-order valence-electron chi connectivity index (χ4n) is 2.40. The Hall–Kier alpha value is -3.52. The molecule has 0 aliphatic heterocycles. The van der Waals surface area contributed by atoms with E-state index in [-0.39, 0.29) is 17.2 Å². The molecule has 4 rings (SSSR count). The molecule has 0 aliphatic rings. The average molecular weight is 381 g/mol. The molecule has 0 radical (unpaired) electrons. The number of anilines is 1. The van der Waals surface area contributed by atoms with Gasteiger partial charge in [0.05, 0.1) is 10.2 Å². The minimum absolute atomic E-state index is 0.0830. The number of ether oxygens (including phenoxy) is 1. The molecule has 134 valence electrons. The Labute approximate surface area is 156 Å². The summed E-state index contributed by atoms with van der Waals surface area (Å²) in [6.45, 7) is 0. The van der Waals surface area contributed by atoms with Gasteiger partial charge in [-0.2, -0.15) is 0 Å². The van der Waals surface area contributed by atoms with Crippen molar-refractivity contribution >= 4 is 32.6 Å². The maximum atomic E-state index is 13.7. The molecule has 27 heavy (non-hydrogen) atoms. The lowest BCUT2D eigenvalue weighted by atomic mass is 10.3. The van der Waals surface area contributed by atoms with Crippen molar-refractivity contribution in [2.45, 2.75) is 0 Å². The second-order valence-corrected chi connectivity index (χ2v) is 6.54. The Kier molecular flexibility index (Phi) is 4.39. The Balaban J connectivity index is 1.57. The van der Waals surface area contributed by atoms with Crippen molar-refractivity contribution in [2.24, 2.45) is 0 Å². The van der Waals surface area contributed by atoms with Crippen LogP contribution in [-0.2, 0) is 0 Å². The minimum atomic E-state index is -0.560. The number of nitrogens with one attached hydrogen (secondary N) is 1. The van der Waals surface area contributed by atoms with Crippen molar-refractivity contribution in [3.05, 3.63) is 72.3 Å². The smallest absolute Gasteiger partial charge is 0.279 e. The van der Waals surface area contributed by atoms with Crippen LogP contribution in [0.4, 0.5) is 9.52 Å². The van der Waals surface area contributed by atoms with E-state index < -0.39 is 11.7 Å². The molecule has 0 saturated heterocycles. The fourth-order valence-corrected chi connectivity index (χ4v) is 3.29. The van der Waals surface area contributed by atoms with Crippen molar-refractivity contribution in [3.63, 3.8) is 0 Å². The molecule has 0 saturated carbocycles. The van der Waals surface area contributed by atoms with Crippen LogP contribution in [0, 0.1) is 5.82 Å². The summed E-state index contributed by atoms with van der Waals surface area (Å²) in [5.74, 6) is -0.645. The molecule has 0 unspecified atom stereocenters. The number of aromatic hydroxyl groups is 1. The van der Waals surface area contributed by atoms with Gasteiger partial charge in [0, 0.05) is 12.3 Å². The van der Waals surface area contributed by atoms with Crippen molar-refractivity contribution in [2.75, 3.05) is 5.32 Å². The number of rotatable bonds is 4. The lowest BCUT2D eigenvalue weighted by Gasteiger charge is -2.05. The molecule has 1 amide bonds. The number of pyridine rings is 1. The number of nitrogens with zero attached hydrogens (tertiary/aromatic N) is 2. The molecule has 2 heterocycles. The monoisotopic (exact) mass is 381 g/mol. The highest BCUT2D eigenvalue weighted by molar-refractivity contribution is 7.22. The molecule has 0 atom stereocenters. The van der Waals surface area contributed by atoms with Gasteiger partial charge in [-0.05, 0) is 36.4 Å². The number of hydrogen-bond acceptors (Lipinski definition) is 6.